The average Bonchev–Trinajstić information content (AvgIpc) is 2.82. The average molecular weight is 208 g/mol. The summed E-state index contributed by atoms with van der Waals surface area (Å²) < 4.78 is 36.3. The molecule has 1 saturated heterocycles. The van der Waals surface area contributed by atoms with E-state index in [1.165, 1.54) is 0 Å². The molecule has 0 unspecified atom stereocenters. The van der Waals surface area contributed by atoms with Gasteiger partial charge in [0, 0.05) is 25.2 Å². The molecule has 0 aromatic carbocycles. The van der Waals surface area contributed by atoms with Crippen molar-refractivity contribution in [1.82, 2.24) is 10.2 Å². The number of carbonyl (C=O) groups excluding carboxylic acids is 1. The zero-order chi connectivity index (χ0) is 10.4. The lowest BCUT2D eigenvalue weighted by Gasteiger charge is -2.34. The topological polar surface area (TPSA) is 32.3 Å². The summed E-state index contributed by atoms with van der Waals surface area (Å²) in [5.41, 5.74) is -0.195. The fourth-order valence-corrected chi connectivity index (χ4v) is 1.79. The molecule has 80 valence electrons. The number of hydrogen-bond donors (Lipinski definition) is 1. The van der Waals surface area contributed by atoms with Gasteiger partial charge in [0.1, 0.15) is 0 Å². The molecule has 0 radical (unpaired) electrons. The summed E-state index contributed by atoms with van der Waals surface area (Å²) in [6.07, 6.45) is -2.99. The van der Waals surface area contributed by atoms with Crippen LogP contribution in [-0.4, -0.2) is 42.2 Å². The van der Waals surface area contributed by atoms with Crippen LogP contribution in [0.1, 0.15) is 12.8 Å². The maximum absolute atomic E-state index is 12.1. The molecule has 0 aromatic heterocycles. The largest absolute Gasteiger partial charge is 0.471 e. The highest BCUT2D eigenvalue weighted by Crippen LogP contribution is 2.38. The molecule has 14 heavy (non-hydrogen) atoms. The molecular formula is C8H11F3N2O. The van der Waals surface area contributed by atoms with Crippen LogP contribution in [0.2, 0.25) is 0 Å². The van der Waals surface area contributed by atoms with Gasteiger partial charge in [-0.2, -0.15) is 13.2 Å². The lowest BCUT2D eigenvalue weighted by atomic mass is 10.2. The number of amides is 1. The van der Waals surface area contributed by atoms with Gasteiger partial charge in [0.15, 0.2) is 0 Å². The summed E-state index contributed by atoms with van der Waals surface area (Å²) in [5.74, 6) is -1.70. The molecule has 2 aliphatic rings. The van der Waals surface area contributed by atoms with E-state index < -0.39 is 12.1 Å². The van der Waals surface area contributed by atoms with Gasteiger partial charge < -0.3 is 10.2 Å². The fraction of sp³-hybridized carbons (Fsp3) is 0.875. The van der Waals surface area contributed by atoms with Gasteiger partial charge in [-0.15, -0.1) is 0 Å². The Morgan fingerprint density at radius 3 is 2.50 bits per heavy atom. The molecule has 1 N–H and O–H groups in total. The summed E-state index contributed by atoms with van der Waals surface area (Å²) in [5, 5.41) is 3.14. The van der Waals surface area contributed by atoms with Crippen molar-refractivity contribution in [3.05, 3.63) is 0 Å². The third-order valence-corrected chi connectivity index (χ3v) is 2.76. The summed E-state index contributed by atoms with van der Waals surface area (Å²) in [6, 6.07) is 0. The van der Waals surface area contributed by atoms with Crippen molar-refractivity contribution in [1.29, 1.82) is 0 Å². The van der Waals surface area contributed by atoms with Crippen LogP contribution in [0.5, 0.6) is 0 Å². The molecule has 1 aliphatic carbocycles. The zero-order valence-electron chi connectivity index (χ0n) is 7.52. The van der Waals surface area contributed by atoms with E-state index in [1.54, 1.807) is 0 Å². The lowest BCUT2D eigenvalue weighted by molar-refractivity contribution is -0.186. The van der Waals surface area contributed by atoms with Crippen LogP contribution >= 0.6 is 0 Å². The molecule has 1 amide bonds. The van der Waals surface area contributed by atoms with Crippen LogP contribution in [0.4, 0.5) is 13.2 Å². The molecular weight excluding hydrogens is 197 g/mol. The van der Waals surface area contributed by atoms with Crippen LogP contribution in [-0.2, 0) is 4.79 Å². The molecule has 2 fully saturated rings. The molecule has 1 aliphatic heterocycles. The van der Waals surface area contributed by atoms with Crippen molar-refractivity contribution < 1.29 is 18.0 Å². The lowest BCUT2D eigenvalue weighted by Crippen LogP contribution is -2.56. The van der Waals surface area contributed by atoms with Crippen LogP contribution in [0.3, 0.4) is 0 Å². The molecule has 1 heterocycles. The second-order valence-electron chi connectivity index (χ2n) is 3.93. The third kappa shape index (κ3) is 1.70. The standard InChI is InChI=1S/C8H11F3N2O/c9-8(10,11)6(14)13-4-3-12-7(5-13)1-2-7/h12H,1-5H2. The minimum Gasteiger partial charge on any atom is -0.332 e. The number of carbonyl (C=O) groups is 1. The molecule has 0 bridgehead atoms. The van der Waals surface area contributed by atoms with Gasteiger partial charge in [0.2, 0.25) is 0 Å². The van der Waals surface area contributed by atoms with Gasteiger partial charge in [0.05, 0.1) is 0 Å². The Balaban J connectivity index is 2.01. The fourth-order valence-electron chi connectivity index (χ4n) is 1.79. The summed E-state index contributed by atoms with van der Waals surface area (Å²) in [4.78, 5) is 11.8. The Bertz CT molecular complexity index is 260. The molecule has 3 nitrogen and oxygen atoms in total. The number of piperazine rings is 1. The zero-order valence-corrected chi connectivity index (χ0v) is 7.52. The molecule has 2 rings (SSSR count). The van der Waals surface area contributed by atoms with Crippen LogP contribution < -0.4 is 5.32 Å². The van der Waals surface area contributed by atoms with E-state index in [9.17, 15) is 18.0 Å². The van der Waals surface area contributed by atoms with Gasteiger partial charge in [-0.25, -0.2) is 0 Å². The van der Waals surface area contributed by atoms with Crippen molar-refractivity contribution in [2.75, 3.05) is 19.6 Å². The smallest absolute Gasteiger partial charge is 0.332 e. The monoisotopic (exact) mass is 208 g/mol. The van der Waals surface area contributed by atoms with Gasteiger partial charge in [-0.05, 0) is 12.8 Å². The molecule has 1 spiro atoms. The predicted octanol–water partition coefficient (Wildman–Crippen LogP) is 0.513. The van der Waals surface area contributed by atoms with E-state index in [1.807, 2.05) is 0 Å². The second-order valence-corrected chi connectivity index (χ2v) is 3.93. The van der Waals surface area contributed by atoms with E-state index in [4.69, 9.17) is 0 Å². The van der Waals surface area contributed by atoms with Gasteiger partial charge in [0.25, 0.3) is 0 Å². The first-order valence-electron chi connectivity index (χ1n) is 4.54. The third-order valence-electron chi connectivity index (χ3n) is 2.76. The Kier molecular flexibility index (Phi) is 1.99. The molecule has 6 heteroatoms. The highest BCUT2D eigenvalue weighted by Gasteiger charge is 2.50. The van der Waals surface area contributed by atoms with Gasteiger partial charge >= 0.3 is 12.1 Å². The number of hydrogen-bond acceptors (Lipinski definition) is 2. The molecule has 0 aromatic rings. The molecule has 0 atom stereocenters. The SMILES string of the molecule is O=C(N1CCNC2(CC2)C1)C(F)(F)F. The van der Waals surface area contributed by atoms with Crippen LogP contribution in [0, 0.1) is 0 Å². The number of nitrogens with zero attached hydrogens (tertiary/aromatic N) is 1. The van der Waals surface area contributed by atoms with E-state index in [-0.39, 0.29) is 18.6 Å². The minimum absolute atomic E-state index is 0.153. The first kappa shape index (κ1) is 9.76. The summed E-state index contributed by atoms with van der Waals surface area (Å²) >= 11 is 0. The first-order chi connectivity index (χ1) is 6.43. The van der Waals surface area contributed by atoms with E-state index in [2.05, 4.69) is 5.32 Å². The Hall–Kier alpha value is -0.780. The van der Waals surface area contributed by atoms with Crippen LogP contribution in [0.15, 0.2) is 0 Å². The summed E-state index contributed by atoms with van der Waals surface area (Å²) in [6.45, 7) is 0.813. The van der Waals surface area contributed by atoms with Crippen LogP contribution in [0.25, 0.3) is 0 Å². The van der Waals surface area contributed by atoms with Crippen molar-refractivity contribution in [3.8, 4) is 0 Å². The van der Waals surface area contributed by atoms with Gasteiger partial charge in [-0.3, -0.25) is 4.79 Å². The maximum Gasteiger partial charge on any atom is 0.471 e. The maximum atomic E-state index is 12.1. The Morgan fingerprint density at radius 1 is 1.36 bits per heavy atom. The van der Waals surface area contributed by atoms with Crippen molar-refractivity contribution in [2.24, 2.45) is 0 Å². The Labute approximate surface area is 79.3 Å². The normalized spacial score (nSPS) is 25.2. The highest BCUT2D eigenvalue weighted by atomic mass is 19.4. The van der Waals surface area contributed by atoms with Crippen molar-refractivity contribution >= 4 is 5.91 Å². The number of halogens is 3. The Morgan fingerprint density at radius 2 is 2.00 bits per heavy atom. The van der Waals surface area contributed by atoms with E-state index in [0.717, 1.165) is 17.7 Å². The number of nitrogens with one attached hydrogen (secondary N) is 1. The van der Waals surface area contributed by atoms with E-state index in [0.29, 0.717) is 6.54 Å². The highest BCUT2D eigenvalue weighted by molar-refractivity contribution is 5.82. The van der Waals surface area contributed by atoms with Crippen molar-refractivity contribution in [2.45, 2.75) is 24.6 Å². The molecule has 1 saturated carbocycles. The number of rotatable bonds is 0. The summed E-state index contributed by atoms with van der Waals surface area (Å²) in [7, 11) is 0. The number of alkyl halides is 3. The quantitative estimate of drug-likeness (QED) is 0.629. The van der Waals surface area contributed by atoms with Gasteiger partial charge in [-0.1, -0.05) is 0 Å². The first-order valence-corrected chi connectivity index (χ1v) is 4.54. The minimum atomic E-state index is -4.73. The van der Waals surface area contributed by atoms with Crippen molar-refractivity contribution in [3.63, 3.8) is 0 Å². The van der Waals surface area contributed by atoms with E-state index >= 15 is 0 Å². The second kappa shape index (κ2) is 2.85. The predicted molar refractivity (Wildman–Crippen MR) is 42.6 cm³/mol.